The van der Waals surface area contributed by atoms with Crippen LogP contribution in [0.1, 0.15) is 4.88 Å². The van der Waals surface area contributed by atoms with E-state index in [1.54, 1.807) is 23.6 Å². The van der Waals surface area contributed by atoms with Gasteiger partial charge in [0, 0.05) is 10.3 Å². The van der Waals surface area contributed by atoms with E-state index in [0.717, 1.165) is 15.8 Å². The Morgan fingerprint density at radius 3 is 2.74 bits per heavy atom. The second-order valence-corrected chi connectivity index (χ2v) is 6.96. The topological polar surface area (TPSA) is 60.4 Å². The van der Waals surface area contributed by atoms with Gasteiger partial charge in [0.1, 0.15) is 5.58 Å². The summed E-state index contributed by atoms with van der Waals surface area (Å²) >= 11 is 1.55. The summed E-state index contributed by atoms with van der Waals surface area (Å²) in [4.78, 5) is 18.7. The van der Waals surface area contributed by atoms with Crippen LogP contribution in [0, 0.1) is 0 Å². The Morgan fingerprint density at radius 1 is 1.04 bits per heavy atom. The van der Waals surface area contributed by atoms with E-state index in [1.807, 2.05) is 66.0 Å². The Labute approximate surface area is 157 Å². The lowest BCUT2D eigenvalue weighted by Crippen LogP contribution is -2.20. The van der Waals surface area contributed by atoms with Crippen molar-refractivity contribution >= 4 is 39.4 Å². The van der Waals surface area contributed by atoms with Gasteiger partial charge in [-0.15, -0.1) is 11.3 Å². The molecule has 0 saturated heterocycles. The van der Waals surface area contributed by atoms with Gasteiger partial charge in [0.25, 0.3) is 5.56 Å². The second-order valence-electron chi connectivity index (χ2n) is 5.98. The monoisotopic (exact) mass is 371 g/mol. The van der Waals surface area contributed by atoms with Crippen LogP contribution in [0.4, 0.5) is 0 Å². The van der Waals surface area contributed by atoms with Crippen molar-refractivity contribution in [1.29, 1.82) is 0 Å². The molecule has 5 nitrogen and oxygen atoms in total. The van der Waals surface area contributed by atoms with E-state index in [2.05, 4.69) is 10.1 Å². The van der Waals surface area contributed by atoms with Crippen molar-refractivity contribution in [2.45, 2.75) is 0 Å². The number of furan rings is 1. The third kappa shape index (κ3) is 2.76. The van der Waals surface area contributed by atoms with E-state index >= 15 is 0 Å². The Balaban J connectivity index is 1.78. The fourth-order valence-corrected chi connectivity index (χ4v) is 3.54. The Morgan fingerprint density at radius 2 is 1.89 bits per heavy atom. The van der Waals surface area contributed by atoms with Crippen LogP contribution >= 0.6 is 11.3 Å². The molecule has 27 heavy (non-hydrogen) atoms. The Kier molecular flexibility index (Phi) is 3.69. The van der Waals surface area contributed by atoms with Gasteiger partial charge >= 0.3 is 0 Å². The zero-order chi connectivity index (χ0) is 18.2. The summed E-state index contributed by atoms with van der Waals surface area (Å²) in [7, 11) is 0. The molecule has 0 aliphatic heterocycles. The molecular weight excluding hydrogens is 358 g/mol. The molecule has 5 aromatic rings. The van der Waals surface area contributed by atoms with E-state index in [4.69, 9.17) is 4.42 Å². The van der Waals surface area contributed by atoms with Crippen molar-refractivity contribution in [2.24, 2.45) is 5.10 Å². The van der Waals surface area contributed by atoms with Crippen LogP contribution in [0.15, 0.2) is 86.4 Å². The largest absolute Gasteiger partial charge is 0.453 e. The minimum Gasteiger partial charge on any atom is -0.453 e. The normalized spacial score (nSPS) is 11.7. The second kappa shape index (κ2) is 6.34. The number of hydrogen-bond donors (Lipinski definition) is 0. The van der Waals surface area contributed by atoms with Gasteiger partial charge in [-0.2, -0.15) is 9.78 Å². The highest BCUT2D eigenvalue weighted by Crippen LogP contribution is 2.27. The van der Waals surface area contributed by atoms with Crippen LogP contribution in [0.25, 0.3) is 33.5 Å². The minimum atomic E-state index is -0.233. The molecule has 0 unspecified atom stereocenters. The fourth-order valence-electron chi connectivity index (χ4n) is 2.96. The molecule has 0 saturated carbocycles. The van der Waals surface area contributed by atoms with Gasteiger partial charge in [0.05, 0.1) is 17.1 Å². The molecular formula is C21H13N3O2S. The summed E-state index contributed by atoms with van der Waals surface area (Å²) in [5.74, 6) is 0.880. The van der Waals surface area contributed by atoms with Crippen LogP contribution < -0.4 is 5.56 Å². The molecule has 0 bridgehead atoms. The molecule has 0 fully saturated rings. The molecule has 6 heteroatoms. The zero-order valence-electron chi connectivity index (χ0n) is 14.1. The molecule has 0 aliphatic rings. The molecule has 3 aromatic heterocycles. The fraction of sp³-hybridized carbons (Fsp3) is 0. The lowest BCUT2D eigenvalue weighted by atomic mass is 10.2. The number of benzene rings is 2. The van der Waals surface area contributed by atoms with Gasteiger partial charge in [-0.05, 0) is 35.7 Å². The third-order valence-corrected chi connectivity index (χ3v) is 5.05. The van der Waals surface area contributed by atoms with Crippen LogP contribution in [0.2, 0.25) is 0 Å². The van der Waals surface area contributed by atoms with E-state index in [1.165, 1.54) is 4.68 Å². The summed E-state index contributed by atoms with van der Waals surface area (Å²) in [5.41, 5.74) is 1.12. The molecule has 0 N–H and O–H groups in total. The van der Waals surface area contributed by atoms with Crippen LogP contribution in [-0.4, -0.2) is 15.9 Å². The van der Waals surface area contributed by atoms with Crippen LogP contribution in [0.5, 0.6) is 0 Å². The van der Waals surface area contributed by atoms with Crippen molar-refractivity contribution in [2.75, 3.05) is 0 Å². The van der Waals surface area contributed by atoms with E-state index in [9.17, 15) is 4.79 Å². The Hall–Kier alpha value is -3.51. The highest BCUT2D eigenvalue weighted by Gasteiger charge is 2.16. The lowest BCUT2D eigenvalue weighted by Gasteiger charge is -2.06. The summed E-state index contributed by atoms with van der Waals surface area (Å²) in [6.07, 6.45) is 1.66. The Bertz CT molecular complexity index is 1310. The average molecular weight is 371 g/mol. The van der Waals surface area contributed by atoms with Crippen molar-refractivity contribution in [3.63, 3.8) is 0 Å². The average Bonchev–Trinajstić information content (AvgIpc) is 3.36. The van der Waals surface area contributed by atoms with Gasteiger partial charge in [-0.3, -0.25) is 4.79 Å². The van der Waals surface area contributed by atoms with Gasteiger partial charge in [-0.25, -0.2) is 4.98 Å². The number of rotatable bonds is 3. The summed E-state index contributed by atoms with van der Waals surface area (Å²) in [6.45, 7) is 0. The smallest absolute Gasteiger partial charge is 0.282 e. The summed E-state index contributed by atoms with van der Waals surface area (Å²) < 4.78 is 7.25. The maximum Gasteiger partial charge on any atom is 0.282 e. The maximum absolute atomic E-state index is 13.1. The van der Waals surface area contributed by atoms with Crippen LogP contribution in [-0.2, 0) is 0 Å². The molecule has 2 aromatic carbocycles. The minimum absolute atomic E-state index is 0.233. The van der Waals surface area contributed by atoms with E-state index < -0.39 is 0 Å². The number of fused-ring (bicyclic) bond motifs is 2. The number of thiophene rings is 1. The molecule has 0 amide bonds. The molecule has 0 spiro atoms. The van der Waals surface area contributed by atoms with Gasteiger partial charge in [0.15, 0.2) is 5.76 Å². The SMILES string of the molecule is O=c1c2ccccc2nc(-c2cc3ccccc3o2)n1N=Cc1cccs1. The molecule has 0 aliphatic carbocycles. The van der Waals surface area contributed by atoms with Gasteiger partial charge in [0.2, 0.25) is 5.82 Å². The first-order valence-corrected chi connectivity index (χ1v) is 9.26. The van der Waals surface area contributed by atoms with Gasteiger partial charge in [-0.1, -0.05) is 36.4 Å². The van der Waals surface area contributed by atoms with Gasteiger partial charge < -0.3 is 4.42 Å². The van der Waals surface area contributed by atoms with E-state index in [-0.39, 0.29) is 5.56 Å². The molecule has 5 rings (SSSR count). The summed E-state index contributed by atoms with van der Waals surface area (Å²) in [5, 5.41) is 7.84. The first-order chi connectivity index (χ1) is 13.3. The predicted molar refractivity (Wildman–Crippen MR) is 109 cm³/mol. The van der Waals surface area contributed by atoms with Crippen molar-refractivity contribution < 1.29 is 4.42 Å². The number of nitrogens with zero attached hydrogens (tertiary/aromatic N) is 3. The van der Waals surface area contributed by atoms with E-state index in [0.29, 0.717) is 22.5 Å². The highest BCUT2D eigenvalue weighted by molar-refractivity contribution is 7.11. The summed E-state index contributed by atoms with van der Waals surface area (Å²) in [6, 6.07) is 20.7. The molecule has 3 heterocycles. The highest BCUT2D eigenvalue weighted by atomic mass is 32.1. The lowest BCUT2D eigenvalue weighted by molar-refractivity contribution is 0.616. The van der Waals surface area contributed by atoms with Crippen molar-refractivity contribution in [3.8, 4) is 11.6 Å². The van der Waals surface area contributed by atoms with Crippen LogP contribution in [0.3, 0.4) is 0 Å². The van der Waals surface area contributed by atoms with Crippen molar-refractivity contribution in [3.05, 3.63) is 87.3 Å². The number of para-hydroxylation sites is 2. The quantitative estimate of drug-likeness (QED) is 0.430. The maximum atomic E-state index is 13.1. The first-order valence-electron chi connectivity index (χ1n) is 8.38. The first kappa shape index (κ1) is 15.7. The number of aromatic nitrogens is 2. The third-order valence-electron chi connectivity index (χ3n) is 4.24. The molecule has 130 valence electrons. The predicted octanol–water partition coefficient (Wildman–Crippen LogP) is 4.75. The van der Waals surface area contributed by atoms with Crippen molar-refractivity contribution in [1.82, 2.24) is 9.66 Å². The molecule has 0 atom stereocenters. The number of hydrogen-bond acceptors (Lipinski definition) is 5. The molecule has 0 radical (unpaired) electrons. The zero-order valence-corrected chi connectivity index (χ0v) is 14.9. The standard InChI is InChI=1S/C21H13N3O2S/c25-21-16-8-2-3-9-17(16)23-20(24(21)22-13-15-7-5-11-27-15)19-12-14-6-1-4-10-18(14)26-19/h1-13H.